The molecular weight excluding hydrogens is 490 g/mol. The summed E-state index contributed by atoms with van der Waals surface area (Å²) in [6, 6.07) is 25.2. The summed E-state index contributed by atoms with van der Waals surface area (Å²) in [5.74, 6) is 0.284. The number of anilines is 2. The van der Waals surface area contributed by atoms with Crippen LogP contribution in [0.15, 0.2) is 78.9 Å². The molecule has 2 atom stereocenters. The van der Waals surface area contributed by atoms with Crippen LogP contribution in [0.25, 0.3) is 0 Å². The quantitative estimate of drug-likeness (QED) is 0.414. The number of likely N-dealkylation sites (tertiary alicyclic amines) is 1. The number of carbonyl (C=O) groups excluding carboxylic acids is 2. The second kappa shape index (κ2) is 11.3. The summed E-state index contributed by atoms with van der Waals surface area (Å²) in [6.45, 7) is 4.99. The van der Waals surface area contributed by atoms with Crippen molar-refractivity contribution in [2.75, 3.05) is 22.9 Å². The SMILES string of the molecule is CCC(=O)N(c1ccccc1)C1CC(C)N(C(=O)c2ccc(C3CCN(C(=O)O)CC3)cc2)c2ccccc21. The number of hydrogen-bond donors (Lipinski definition) is 1. The molecular formula is C32H35N3O4. The lowest BCUT2D eigenvalue weighted by Gasteiger charge is -2.43. The molecule has 0 saturated carbocycles. The Morgan fingerprint density at radius 1 is 0.897 bits per heavy atom. The summed E-state index contributed by atoms with van der Waals surface area (Å²) in [5, 5.41) is 9.22. The third-order valence-electron chi connectivity index (χ3n) is 8.09. The Morgan fingerprint density at radius 3 is 2.18 bits per heavy atom. The fraction of sp³-hybridized carbons (Fsp3) is 0.344. The molecule has 0 spiro atoms. The molecule has 3 amide bonds. The van der Waals surface area contributed by atoms with Crippen molar-refractivity contribution in [3.8, 4) is 0 Å². The second-order valence-corrected chi connectivity index (χ2v) is 10.5. The van der Waals surface area contributed by atoms with Gasteiger partial charge in [-0.3, -0.25) is 9.59 Å². The molecule has 0 aliphatic carbocycles. The summed E-state index contributed by atoms with van der Waals surface area (Å²) < 4.78 is 0. The van der Waals surface area contributed by atoms with E-state index in [4.69, 9.17) is 0 Å². The van der Waals surface area contributed by atoms with E-state index in [1.807, 2.05) is 103 Å². The van der Waals surface area contributed by atoms with Gasteiger partial charge in [0, 0.05) is 42.5 Å². The molecule has 1 fully saturated rings. The van der Waals surface area contributed by atoms with Crippen LogP contribution >= 0.6 is 0 Å². The summed E-state index contributed by atoms with van der Waals surface area (Å²) in [6.07, 6.45) is 1.73. The first-order chi connectivity index (χ1) is 18.9. The zero-order chi connectivity index (χ0) is 27.5. The number of amides is 3. The molecule has 1 saturated heterocycles. The molecule has 2 unspecified atom stereocenters. The average molecular weight is 526 g/mol. The number of para-hydroxylation sites is 2. The molecule has 3 aromatic rings. The van der Waals surface area contributed by atoms with Crippen LogP contribution in [-0.4, -0.2) is 47.0 Å². The molecule has 39 heavy (non-hydrogen) atoms. The smallest absolute Gasteiger partial charge is 0.407 e. The summed E-state index contributed by atoms with van der Waals surface area (Å²) in [4.78, 5) is 43.5. The van der Waals surface area contributed by atoms with Gasteiger partial charge in [0.05, 0.1) is 6.04 Å². The van der Waals surface area contributed by atoms with Crippen LogP contribution in [0, 0.1) is 0 Å². The first-order valence-electron chi connectivity index (χ1n) is 13.8. The number of hydrogen-bond acceptors (Lipinski definition) is 3. The third kappa shape index (κ3) is 5.26. The van der Waals surface area contributed by atoms with Crippen LogP contribution in [0.2, 0.25) is 0 Å². The number of piperidine rings is 1. The molecule has 3 aromatic carbocycles. The van der Waals surface area contributed by atoms with Crippen LogP contribution in [0.1, 0.15) is 73.0 Å². The molecule has 0 bridgehead atoms. The van der Waals surface area contributed by atoms with E-state index in [9.17, 15) is 19.5 Å². The highest BCUT2D eigenvalue weighted by molar-refractivity contribution is 6.07. The Kier molecular flexibility index (Phi) is 7.68. The van der Waals surface area contributed by atoms with Crippen molar-refractivity contribution in [3.63, 3.8) is 0 Å². The first kappa shape index (κ1) is 26.5. The maximum atomic E-state index is 13.9. The van der Waals surface area contributed by atoms with Crippen LogP contribution in [-0.2, 0) is 4.79 Å². The first-order valence-corrected chi connectivity index (χ1v) is 13.8. The van der Waals surface area contributed by atoms with Gasteiger partial charge in [0.15, 0.2) is 0 Å². The summed E-state index contributed by atoms with van der Waals surface area (Å²) in [7, 11) is 0. The molecule has 0 radical (unpaired) electrons. The number of carbonyl (C=O) groups is 3. The van der Waals surface area contributed by atoms with Gasteiger partial charge < -0.3 is 19.8 Å². The average Bonchev–Trinajstić information content (AvgIpc) is 2.97. The molecule has 7 heteroatoms. The lowest BCUT2D eigenvalue weighted by Crippen LogP contribution is -2.47. The van der Waals surface area contributed by atoms with Gasteiger partial charge in [-0.15, -0.1) is 0 Å². The number of fused-ring (bicyclic) bond motifs is 1. The van der Waals surface area contributed by atoms with Crippen molar-refractivity contribution in [2.45, 2.75) is 57.5 Å². The largest absolute Gasteiger partial charge is 0.465 e. The van der Waals surface area contributed by atoms with Gasteiger partial charge in [0.1, 0.15) is 0 Å². The van der Waals surface area contributed by atoms with E-state index in [2.05, 4.69) is 0 Å². The summed E-state index contributed by atoms with van der Waals surface area (Å²) >= 11 is 0. The number of carboxylic acid groups (broad SMARTS) is 1. The zero-order valence-electron chi connectivity index (χ0n) is 22.5. The fourth-order valence-electron chi connectivity index (χ4n) is 6.03. The highest BCUT2D eigenvalue weighted by Crippen LogP contribution is 2.43. The van der Waals surface area contributed by atoms with Crippen molar-refractivity contribution in [2.24, 2.45) is 0 Å². The minimum absolute atomic E-state index is 0.0535. The normalized spacial score (nSPS) is 19.3. The highest BCUT2D eigenvalue weighted by Gasteiger charge is 2.38. The predicted molar refractivity (Wildman–Crippen MR) is 152 cm³/mol. The van der Waals surface area contributed by atoms with Crippen LogP contribution in [0.3, 0.4) is 0 Å². The number of nitrogens with zero attached hydrogens (tertiary/aromatic N) is 3. The Morgan fingerprint density at radius 2 is 1.54 bits per heavy atom. The Labute approximate surface area is 229 Å². The topological polar surface area (TPSA) is 81.2 Å². The van der Waals surface area contributed by atoms with E-state index < -0.39 is 6.09 Å². The van der Waals surface area contributed by atoms with E-state index in [1.165, 1.54) is 4.90 Å². The molecule has 7 nitrogen and oxygen atoms in total. The van der Waals surface area contributed by atoms with Crippen molar-refractivity contribution < 1.29 is 19.5 Å². The van der Waals surface area contributed by atoms with Gasteiger partial charge in [-0.25, -0.2) is 4.79 Å². The number of benzene rings is 3. The third-order valence-corrected chi connectivity index (χ3v) is 8.09. The van der Waals surface area contributed by atoms with E-state index >= 15 is 0 Å². The molecule has 5 rings (SSSR count). The van der Waals surface area contributed by atoms with Gasteiger partial charge in [0.2, 0.25) is 5.91 Å². The van der Waals surface area contributed by atoms with Gasteiger partial charge in [0.25, 0.3) is 5.91 Å². The Balaban J connectivity index is 1.41. The van der Waals surface area contributed by atoms with Crippen LogP contribution in [0.5, 0.6) is 0 Å². The Hall–Kier alpha value is -4.13. The second-order valence-electron chi connectivity index (χ2n) is 10.5. The fourth-order valence-corrected chi connectivity index (χ4v) is 6.03. The van der Waals surface area contributed by atoms with Crippen molar-refractivity contribution in [1.82, 2.24) is 4.90 Å². The van der Waals surface area contributed by atoms with Crippen molar-refractivity contribution in [1.29, 1.82) is 0 Å². The zero-order valence-corrected chi connectivity index (χ0v) is 22.5. The molecule has 0 aromatic heterocycles. The number of rotatable bonds is 5. The highest BCUT2D eigenvalue weighted by atomic mass is 16.4. The van der Waals surface area contributed by atoms with Gasteiger partial charge in [-0.2, -0.15) is 0 Å². The maximum absolute atomic E-state index is 13.9. The van der Waals surface area contributed by atoms with Crippen LogP contribution < -0.4 is 9.80 Å². The van der Waals surface area contributed by atoms with E-state index in [0.29, 0.717) is 37.4 Å². The summed E-state index contributed by atoms with van der Waals surface area (Å²) in [5.41, 5.74) is 4.42. The monoisotopic (exact) mass is 525 g/mol. The van der Waals surface area contributed by atoms with Crippen LogP contribution in [0.4, 0.5) is 16.2 Å². The lowest BCUT2D eigenvalue weighted by molar-refractivity contribution is -0.118. The van der Waals surface area contributed by atoms with Gasteiger partial charge in [-0.1, -0.05) is 55.5 Å². The molecule has 2 heterocycles. The van der Waals surface area contributed by atoms with Crippen molar-refractivity contribution in [3.05, 3.63) is 95.6 Å². The maximum Gasteiger partial charge on any atom is 0.407 e. The Bertz CT molecular complexity index is 1330. The van der Waals surface area contributed by atoms with E-state index in [0.717, 1.165) is 35.3 Å². The minimum Gasteiger partial charge on any atom is -0.465 e. The van der Waals surface area contributed by atoms with Crippen molar-refractivity contribution >= 4 is 29.3 Å². The minimum atomic E-state index is -0.862. The molecule has 2 aliphatic heterocycles. The molecule has 2 aliphatic rings. The van der Waals surface area contributed by atoms with E-state index in [1.54, 1.807) is 0 Å². The van der Waals surface area contributed by atoms with Gasteiger partial charge >= 0.3 is 6.09 Å². The molecule has 202 valence electrons. The van der Waals surface area contributed by atoms with E-state index in [-0.39, 0.29) is 23.9 Å². The predicted octanol–water partition coefficient (Wildman–Crippen LogP) is 6.47. The lowest BCUT2D eigenvalue weighted by atomic mass is 9.88. The molecule has 1 N–H and O–H groups in total. The van der Waals surface area contributed by atoms with Gasteiger partial charge in [-0.05, 0) is 73.6 Å². The standard InChI is InChI=1S/C32H35N3O4/c1-3-30(36)35(26-9-5-4-6-10-26)29-21-22(2)34(28-12-8-7-11-27(28)29)31(37)25-15-13-23(14-16-25)24-17-19-33(20-18-24)32(38)39/h4-16,22,24,29H,3,17-21H2,1-2H3,(H,38,39).